The average Bonchev–Trinajstić information content (AvgIpc) is 2.52. The fourth-order valence-electron chi connectivity index (χ4n) is 1.43. The fraction of sp³-hybridized carbons (Fsp3) is 1.00. The zero-order chi connectivity index (χ0) is 9.19. The third-order valence-corrected chi connectivity index (χ3v) is 3.71. The van der Waals surface area contributed by atoms with E-state index in [1.165, 1.54) is 11.4 Å². The molecule has 0 aliphatic carbocycles. The van der Waals surface area contributed by atoms with Gasteiger partial charge in [-0.3, -0.25) is 0 Å². The Kier molecular flexibility index (Phi) is 3.05. The average molecular weight is 194 g/mol. The van der Waals surface area contributed by atoms with Crippen LogP contribution in [0.1, 0.15) is 12.8 Å². The predicted octanol–water partition coefficient (Wildman–Crippen LogP) is -1.09. The lowest BCUT2D eigenvalue weighted by Crippen LogP contribution is -2.43. The molecule has 5 nitrogen and oxygen atoms in total. The van der Waals surface area contributed by atoms with E-state index in [2.05, 4.69) is 4.72 Å². The van der Waals surface area contributed by atoms with Gasteiger partial charge in [0.1, 0.15) is 0 Å². The first-order valence-corrected chi connectivity index (χ1v) is 5.37. The van der Waals surface area contributed by atoms with Crippen LogP contribution in [-0.4, -0.2) is 44.1 Å². The molecular formula is C6H14N2O3S. The lowest BCUT2D eigenvalue weighted by Gasteiger charge is -2.21. The van der Waals surface area contributed by atoms with Gasteiger partial charge in [-0.15, -0.1) is 0 Å². The van der Waals surface area contributed by atoms with Crippen LogP contribution in [0.15, 0.2) is 0 Å². The van der Waals surface area contributed by atoms with Crippen molar-refractivity contribution in [1.29, 1.82) is 0 Å². The van der Waals surface area contributed by atoms with Gasteiger partial charge in [-0.2, -0.15) is 12.7 Å². The molecule has 0 saturated carbocycles. The first-order valence-electron chi connectivity index (χ1n) is 3.93. The summed E-state index contributed by atoms with van der Waals surface area (Å²) in [6.07, 6.45) is 1.57. The molecule has 1 saturated heterocycles. The number of aliphatic hydroxyl groups is 1. The molecule has 12 heavy (non-hydrogen) atoms. The van der Waals surface area contributed by atoms with Crippen molar-refractivity contribution < 1.29 is 13.5 Å². The Morgan fingerprint density at radius 3 is 2.83 bits per heavy atom. The van der Waals surface area contributed by atoms with Crippen molar-refractivity contribution >= 4 is 10.2 Å². The molecule has 72 valence electrons. The molecule has 0 radical (unpaired) electrons. The van der Waals surface area contributed by atoms with Crippen molar-refractivity contribution in [3.8, 4) is 0 Å². The molecule has 0 bridgehead atoms. The highest BCUT2D eigenvalue weighted by Crippen LogP contribution is 2.18. The molecular weight excluding hydrogens is 180 g/mol. The Balaban J connectivity index is 2.74. The highest BCUT2D eigenvalue weighted by Gasteiger charge is 2.32. The van der Waals surface area contributed by atoms with E-state index in [1.54, 1.807) is 0 Å². The summed E-state index contributed by atoms with van der Waals surface area (Å²) in [7, 11) is -1.96. The number of hydrogen-bond acceptors (Lipinski definition) is 3. The first kappa shape index (κ1) is 9.91. The van der Waals surface area contributed by atoms with E-state index >= 15 is 0 Å². The zero-order valence-corrected chi connectivity index (χ0v) is 7.84. The number of nitrogens with zero attached hydrogens (tertiary/aromatic N) is 1. The Labute approximate surface area is 72.6 Å². The number of aliphatic hydroxyl groups excluding tert-OH is 1. The Bertz CT molecular complexity index is 239. The molecule has 1 aliphatic rings. The summed E-state index contributed by atoms with van der Waals surface area (Å²) in [6, 6.07) is -0.234. The smallest absolute Gasteiger partial charge is 0.279 e. The van der Waals surface area contributed by atoms with Gasteiger partial charge in [0, 0.05) is 19.6 Å². The van der Waals surface area contributed by atoms with Crippen LogP contribution in [0.4, 0.5) is 0 Å². The summed E-state index contributed by atoms with van der Waals surface area (Å²) in [6.45, 7) is 0.412. The SMILES string of the molecule is CNS(=O)(=O)N1CCC[C@@H]1CO. The van der Waals surface area contributed by atoms with Crippen LogP contribution in [0.3, 0.4) is 0 Å². The Morgan fingerprint density at radius 1 is 1.67 bits per heavy atom. The van der Waals surface area contributed by atoms with E-state index in [0.717, 1.165) is 12.8 Å². The Hall–Kier alpha value is -0.170. The van der Waals surface area contributed by atoms with E-state index in [0.29, 0.717) is 6.54 Å². The number of hydrogen-bond donors (Lipinski definition) is 2. The minimum atomic E-state index is -3.34. The topological polar surface area (TPSA) is 69.6 Å². The molecule has 1 fully saturated rings. The minimum absolute atomic E-state index is 0.0963. The van der Waals surface area contributed by atoms with E-state index < -0.39 is 10.2 Å². The maximum absolute atomic E-state index is 11.3. The second-order valence-corrected chi connectivity index (χ2v) is 4.63. The van der Waals surface area contributed by atoms with Gasteiger partial charge in [0.25, 0.3) is 10.2 Å². The normalized spacial score (nSPS) is 26.3. The zero-order valence-electron chi connectivity index (χ0n) is 7.02. The van der Waals surface area contributed by atoms with Crippen molar-refractivity contribution in [3.05, 3.63) is 0 Å². The molecule has 0 aromatic heterocycles. The summed E-state index contributed by atoms with van der Waals surface area (Å²) in [5.41, 5.74) is 0. The summed E-state index contributed by atoms with van der Waals surface area (Å²) < 4.78 is 26.1. The maximum Gasteiger partial charge on any atom is 0.279 e. The molecule has 0 amide bonds. The van der Waals surface area contributed by atoms with Crippen LogP contribution in [0.25, 0.3) is 0 Å². The lowest BCUT2D eigenvalue weighted by molar-refractivity contribution is 0.212. The molecule has 1 atom stereocenters. The summed E-state index contributed by atoms with van der Waals surface area (Å²) in [5, 5.41) is 8.86. The second-order valence-electron chi connectivity index (χ2n) is 2.80. The van der Waals surface area contributed by atoms with E-state index in [1.807, 2.05) is 0 Å². The van der Waals surface area contributed by atoms with Crippen LogP contribution in [0.5, 0.6) is 0 Å². The largest absolute Gasteiger partial charge is 0.395 e. The maximum atomic E-state index is 11.3. The first-order chi connectivity index (χ1) is 5.61. The van der Waals surface area contributed by atoms with E-state index in [-0.39, 0.29) is 12.6 Å². The van der Waals surface area contributed by atoms with Crippen molar-refractivity contribution in [2.45, 2.75) is 18.9 Å². The molecule has 0 unspecified atom stereocenters. The van der Waals surface area contributed by atoms with Gasteiger partial charge in [-0.05, 0) is 12.8 Å². The van der Waals surface area contributed by atoms with Gasteiger partial charge < -0.3 is 5.11 Å². The molecule has 0 spiro atoms. The van der Waals surface area contributed by atoms with Gasteiger partial charge in [0.05, 0.1) is 6.61 Å². The predicted molar refractivity (Wildman–Crippen MR) is 44.8 cm³/mol. The standard InChI is InChI=1S/C6H14N2O3S/c1-7-12(10,11)8-4-2-3-6(8)5-9/h6-7,9H,2-5H2,1H3/t6-/m1/s1. The van der Waals surface area contributed by atoms with Crippen molar-refractivity contribution in [2.75, 3.05) is 20.2 Å². The molecule has 1 aliphatic heterocycles. The van der Waals surface area contributed by atoms with E-state index in [4.69, 9.17) is 5.11 Å². The molecule has 1 rings (SSSR count). The van der Waals surface area contributed by atoms with Crippen LogP contribution in [0.2, 0.25) is 0 Å². The minimum Gasteiger partial charge on any atom is -0.395 e. The van der Waals surface area contributed by atoms with Crippen molar-refractivity contribution in [3.63, 3.8) is 0 Å². The third kappa shape index (κ3) is 1.77. The van der Waals surface area contributed by atoms with Crippen molar-refractivity contribution in [2.24, 2.45) is 0 Å². The van der Waals surface area contributed by atoms with Crippen LogP contribution >= 0.6 is 0 Å². The van der Waals surface area contributed by atoms with Gasteiger partial charge >= 0.3 is 0 Å². The highest BCUT2D eigenvalue weighted by molar-refractivity contribution is 7.87. The lowest BCUT2D eigenvalue weighted by atomic mass is 10.2. The van der Waals surface area contributed by atoms with Gasteiger partial charge in [-0.25, -0.2) is 4.72 Å². The summed E-state index contributed by atoms with van der Waals surface area (Å²) in [4.78, 5) is 0. The molecule has 6 heteroatoms. The summed E-state index contributed by atoms with van der Waals surface area (Å²) >= 11 is 0. The monoisotopic (exact) mass is 194 g/mol. The fourth-order valence-corrected chi connectivity index (χ4v) is 2.59. The highest BCUT2D eigenvalue weighted by atomic mass is 32.2. The van der Waals surface area contributed by atoms with Crippen molar-refractivity contribution in [1.82, 2.24) is 9.03 Å². The van der Waals surface area contributed by atoms with Gasteiger partial charge in [-0.1, -0.05) is 0 Å². The quantitative estimate of drug-likeness (QED) is 0.599. The van der Waals surface area contributed by atoms with E-state index in [9.17, 15) is 8.42 Å². The van der Waals surface area contributed by atoms with Crippen LogP contribution < -0.4 is 4.72 Å². The molecule has 2 N–H and O–H groups in total. The number of nitrogens with one attached hydrogen (secondary N) is 1. The number of rotatable bonds is 3. The molecule has 0 aromatic carbocycles. The molecule has 1 heterocycles. The van der Waals surface area contributed by atoms with Crippen LogP contribution in [-0.2, 0) is 10.2 Å². The second kappa shape index (κ2) is 3.69. The summed E-state index contributed by atoms with van der Waals surface area (Å²) in [5.74, 6) is 0. The van der Waals surface area contributed by atoms with Gasteiger partial charge in [0.2, 0.25) is 0 Å². The van der Waals surface area contributed by atoms with Gasteiger partial charge in [0.15, 0.2) is 0 Å². The Morgan fingerprint density at radius 2 is 2.33 bits per heavy atom. The van der Waals surface area contributed by atoms with Crippen LogP contribution in [0, 0.1) is 0 Å². The third-order valence-electron chi connectivity index (χ3n) is 2.10. The molecule has 0 aromatic rings.